The first kappa shape index (κ1) is 22.1. The SMILES string of the molecule is O=C(N/N=C\c1ccccc1)c1ccc(NC(=O)c2sc3cc([N+](=O)[O-])ccc3c2Cl)cc1. The van der Waals surface area contributed by atoms with E-state index in [1.807, 2.05) is 30.3 Å². The molecule has 0 fully saturated rings. The zero-order valence-electron chi connectivity index (χ0n) is 16.8. The van der Waals surface area contributed by atoms with Gasteiger partial charge in [-0.1, -0.05) is 41.9 Å². The zero-order chi connectivity index (χ0) is 23.4. The van der Waals surface area contributed by atoms with Crippen LogP contribution in [0.4, 0.5) is 11.4 Å². The van der Waals surface area contributed by atoms with Crippen molar-refractivity contribution in [1.82, 2.24) is 5.43 Å². The van der Waals surface area contributed by atoms with Crippen molar-refractivity contribution in [2.24, 2.45) is 5.10 Å². The highest BCUT2D eigenvalue weighted by Crippen LogP contribution is 2.37. The van der Waals surface area contributed by atoms with Gasteiger partial charge in [0, 0.05) is 33.5 Å². The summed E-state index contributed by atoms with van der Waals surface area (Å²) >= 11 is 7.39. The molecule has 0 spiro atoms. The molecule has 0 atom stereocenters. The van der Waals surface area contributed by atoms with Crippen LogP contribution >= 0.6 is 22.9 Å². The standard InChI is InChI=1S/C23H15ClN4O4S/c24-20-18-11-10-17(28(31)32)12-19(18)33-21(20)23(30)26-16-8-6-15(7-9-16)22(29)27-25-13-14-4-2-1-3-5-14/h1-13H,(H,26,30)(H,27,29)/b25-13-. The number of amides is 2. The second-order valence-electron chi connectivity index (χ2n) is 6.82. The number of nitro groups is 1. The lowest BCUT2D eigenvalue weighted by atomic mass is 10.2. The van der Waals surface area contributed by atoms with E-state index in [2.05, 4.69) is 15.8 Å². The molecule has 164 valence electrons. The average molecular weight is 479 g/mol. The van der Waals surface area contributed by atoms with Gasteiger partial charge in [-0.25, -0.2) is 5.43 Å². The van der Waals surface area contributed by atoms with Gasteiger partial charge in [0.05, 0.1) is 16.2 Å². The maximum absolute atomic E-state index is 12.7. The number of carbonyl (C=O) groups is 2. The van der Waals surface area contributed by atoms with Crippen molar-refractivity contribution < 1.29 is 14.5 Å². The molecule has 0 aliphatic rings. The predicted molar refractivity (Wildman–Crippen MR) is 129 cm³/mol. The predicted octanol–water partition coefficient (Wildman–Crippen LogP) is 5.48. The third-order valence-electron chi connectivity index (χ3n) is 4.61. The first-order valence-corrected chi connectivity index (χ1v) is 10.8. The van der Waals surface area contributed by atoms with Crippen molar-refractivity contribution in [3.8, 4) is 0 Å². The number of fused-ring (bicyclic) bond motifs is 1. The van der Waals surface area contributed by atoms with Gasteiger partial charge >= 0.3 is 0 Å². The Balaban J connectivity index is 1.43. The monoisotopic (exact) mass is 478 g/mol. The van der Waals surface area contributed by atoms with Crippen LogP contribution in [0.5, 0.6) is 0 Å². The molecule has 8 nitrogen and oxygen atoms in total. The van der Waals surface area contributed by atoms with E-state index in [0.29, 0.717) is 21.3 Å². The molecule has 3 aromatic carbocycles. The van der Waals surface area contributed by atoms with Gasteiger partial charge in [-0.05, 0) is 35.9 Å². The lowest BCUT2D eigenvalue weighted by molar-refractivity contribution is -0.384. The molecule has 33 heavy (non-hydrogen) atoms. The van der Waals surface area contributed by atoms with Gasteiger partial charge < -0.3 is 5.32 Å². The van der Waals surface area contributed by atoms with Gasteiger partial charge in [0.15, 0.2) is 0 Å². The molecule has 4 rings (SSSR count). The van der Waals surface area contributed by atoms with E-state index in [4.69, 9.17) is 11.6 Å². The molecule has 0 aliphatic heterocycles. The number of nitrogens with one attached hydrogen (secondary N) is 2. The number of hydrogen-bond acceptors (Lipinski definition) is 6. The third kappa shape index (κ3) is 5.05. The molecule has 2 N–H and O–H groups in total. The van der Waals surface area contributed by atoms with Gasteiger partial charge in [0.25, 0.3) is 17.5 Å². The Hall–Kier alpha value is -4.08. The first-order chi connectivity index (χ1) is 15.9. The molecule has 1 aromatic heterocycles. The fraction of sp³-hybridized carbons (Fsp3) is 0. The molecule has 0 saturated heterocycles. The lowest BCUT2D eigenvalue weighted by Gasteiger charge is -2.05. The second-order valence-corrected chi connectivity index (χ2v) is 8.25. The number of rotatable bonds is 6. The average Bonchev–Trinajstić information content (AvgIpc) is 3.16. The van der Waals surface area contributed by atoms with Crippen LogP contribution in [-0.4, -0.2) is 23.0 Å². The maximum Gasteiger partial charge on any atom is 0.271 e. The summed E-state index contributed by atoms with van der Waals surface area (Å²) in [5.74, 6) is -0.845. The number of thiophene rings is 1. The van der Waals surface area contributed by atoms with Crippen LogP contribution in [0.3, 0.4) is 0 Å². The summed E-state index contributed by atoms with van der Waals surface area (Å²) < 4.78 is 0.544. The molecule has 0 unspecified atom stereocenters. The summed E-state index contributed by atoms with van der Waals surface area (Å²) in [5, 5.41) is 18.4. The summed E-state index contributed by atoms with van der Waals surface area (Å²) in [6, 6.07) is 19.9. The third-order valence-corrected chi connectivity index (χ3v) is 6.27. The van der Waals surface area contributed by atoms with Crippen LogP contribution in [0.1, 0.15) is 25.6 Å². The number of non-ortho nitro benzene ring substituents is 1. The van der Waals surface area contributed by atoms with E-state index in [-0.39, 0.29) is 15.6 Å². The van der Waals surface area contributed by atoms with Gasteiger partial charge in [-0.3, -0.25) is 19.7 Å². The Bertz CT molecular complexity index is 1390. The smallest absolute Gasteiger partial charge is 0.271 e. The molecule has 0 bridgehead atoms. The summed E-state index contributed by atoms with van der Waals surface area (Å²) in [5.41, 5.74) is 4.05. The minimum absolute atomic E-state index is 0.0747. The molecular weight excluding hydrogens is 464 g/mol. The largest absolute Gasteiger partial charge is 0.321 e. The minimum atomic E-state index is -0.502. The van der Waals surface area contributed by atoms with Crippen molar-refractivity contribution in [3.05, 3.63) is 104 Å². The van der Waals surface area contributed by atoms with Crippen LogP contribution in [0.15, 0.2) is 77.9 Å². The van der Waals surface area contributed by atoms with Gasteiger partial charge in [-0.2, -0.15) is 5.10 Å². The van der Waals surface area contributed by atoms with Crippen LogP contribution in [-0.2, 0) is 0 Å². The highest BCUT2D eigenvalue weighted by atomic mass is 35.5. The summed E-state index contributed by atoms with van der Waals surface area (Å²) in [6.07, 6.45) is 1.54. The summed E-state index contributed by atoms with van der Waals surface area (Å²) in [4.78, 5) is 35.6. The van der Waals surface area contributed by atoms with E-state index >= 15 is 0 Å². The number of hydrogen-bond donors (Lipinski definition) is 2. The van der Waals surface area contributed by atoms with Crippen LogP contribution in [0.2, 0.25) is 5.02 Å². The number of benzene rings is 3. The topological polar surface area (TPSA) is 114 Å². The lowest BCUT2D eigenvalue weighted by Crippen LogP contribution is -2.17. The van der Waals surface area contributed by atoms with E-state index in [9.17, 15) is 19.7 Å². The molecule has 2 amide bonds. The van der Waals surface area contributed by atoms with Gasteiger partial charge in [0.1, 0.15) is 4.88 Å². The molecule has 4 aromatic rings. The number of anilines is 1. The second kappa shape index (κ2) is 9.60. The fourth-order valence-corrected chi connectivity index (χ4v) is 4.42. The highest BCUT2D eigenvalue weighted by molar-refractivity contribution is 7.21. The van der Waals surface area contributed by atoms with Crippen LogP contribution < -0.4 is 10.7 Å². The number of nitrogens with zero attached hydrogens (tertiary/aromatic N) is 2. The highest BCUT2D eigenvalue weighted by Gasteiger charge is 2.19. The maximum atomic E-state index is 12.7. The van der Waals surface area contributed by atoms with Crippen molar-refractivity contribution in [1.29, 1.82) is 0 Å². The minimum Gasteiger partial charge on any atom is -0.321 e. The molecule has 1 heterocycles. The van der Waals surface area contributed by atoms with E-state index in [1.165, 1.54) is 24.4 Å². The van der Waals surface area contributed by atoms with Gasteiger partial charge in [-0.15, -0.1) is 11.3 Å². The fourth-order valence-electron chi connectivity index (χ4n) is 2.98. The van der Waals surface area contributed by atoms with Gasteiger partial charge in [0.2, 0.25) is 0 Å². The zero-order valence-corrected chi connectivity index (χ0v) is 18.4. The number of hydrazone groups is 1. The molecular formula is C23H15ClN4O4S. The molecule has 0 saturated carbocycles. The summed E-state index contributed by atoms with van der Waals surface area (Å²) in [6.45, 7) is 0. The normalized spacial score (nSPS) is 10.9. The Morgan fingerprint density at radius 3 is 2.42 bits per heavy atom. The number of halogens is 1. The molecule has 0 aliphatic carbocycles. The number of nitro benzene ring substituents is 1. The number of carbonyl (C=O) groups excluding carboxylic acids is 2. The summed E-state index contributed by atoms with van der Waals surface area (Å²) in [7, 11) is 0. The molecule has 0 radical (unpaired) electrons. The van der Waals surface area contributed by atoms with E-state index in [0.717, 1.165) is 16.9 Å². The first-order valence-electron chi connectivity index (χ1n) is 9.58. The Labute approximate surface area is 196 Å². The van der Waals surface area contributed by atoms with Crippen LogP contribution in [0.25, 0.3) is 10.1 Å². The Kier molecular flexibility index (Phi) is 6.43. The van der Waals surface area contributed by atoms with E-state index in [1.54, 1.807) is 24.3 Å². The van der Waals surface area contributed by atoms with E-state index < -0.39 is 16.7 Å². The quantitative estimate of drug-likeness (QED) is 0.217. The Morgan fingerprint density at radius 1 is 1.00 bits per heavy atom. The Morgan fingerprint density at radius 2 is 1.73 bits per heavy atom. The van der Waals surface area contributed by atoms with Crippen molar-refractivity contribution in [3.63, 3.8) is 0 Å². The van der Waals surface area contributed by atoms with Crippen molar-refractivity contribution in [2.45, 2.75) is 0 Å². The van der Waals surface area contributed by atoms with Crippen LogP contribution in [0, 0.1) is 10.1 Å². The molecule has 10 heteroatoms. The van der Waals surface area contributed by atoms with Crippen molar-refractivity contribution >= 4 is 62.4 Å². The van der Waals surface area contributed by atoms with Crippen molar-refractivity contribution in [2.75, 3.05) is 5.32 Å².